The molecular weight excluding hydrogens is 171 g/mol. The van der Waals surface area contributed by atoms with Crippen LogP contribution in [-0.4, -0.2) is 12.1 Å². The fourth-order valence-corrected chi connectivity index (χ4v) is 0.791. The number of nitrogens with two attached hydrogens (primary N) is 1. The van der Waals surface area contributed by atoms with Gasteiger partial charge in [-0.05, 0) is 0 Å². The van der Waals surface area contributed by atoms with Crippen molar-refractivity contribution in [2.24, 2.45) is 0 Å². The molecule has 0 aliphatic heterocycles. The molecule has 0 atom stereocenters. The quantitative estimate of drug-likeness (QED) is 0.660. The number of halogens is 2. The number of rotatable bonds is 1. The summed E-state index contributed by atoms with van der Waals surface area (Å²) in [6.07, 6.45) is 0. The first-order valence-electron chi connectivity index (χ1n) is 2.80. The van der Waals surface area contributed by atoms with Crippen molar-refractivity contribution < 1.29 is 9.13 Å². The van der Waals surface area contributed by atoms with E-state index in [0.717, 1.165) is 0 Å². The maximum Gasteiger partial charge on any atom is 0.216 e. The van der Waals surface area contributed by atoms with Crippen LogP contribution in [-0.2, 0) is 0 Å². The molecule has 0 fully saturated rings. The van der Waals surface area contributed by atoms with Crippen LogP contribution in [0.4, 0.5) is 10.1 Å². The summed E-state index contributed by atoms with van der Waals surface area (Å²) in [5.41, 5.74) is 5.15. The van der Waals surface area contributed by atoms with Crippen molar-refractivity contribution in [2.75, 3.05) is 12.8 Å². The fraction of sp³-hybridized carbons (Fsp3) is 0.167. The third-order valence-electron chi connectivity index (χ3n) is 1.13. The van der Waals surface area contributed by atoms with Crippen molar-refractivity contribution >= 4 is 17.3 Å². The fourth-order valence-electron chi connectivity index (χ4n) is 0.598. The van der Waals surface area contributed by atoms with Gasteiger partial charge in [-0.1, -0.05) is 11.6 Å². The van der Waals surface area contributed by atoms with E-state index in [0.29, 0.717) is 0 Å². The van der Waals surface area contributed by atoms with Gasteiger partial charge in [-0.3, -0.25) is 0 Å². The molecule has 0 bridgehead atoms. The average Bonchev–Trinajstić information content (AvgIpc) is 1.99. The van der Waals surface area contributed by atoms with Gasteiger partial charge in [0.15, 0.2) is 11.0 Å². The van der Waals surface area contributed by atoms with Crippen molar-refractivity contribution in [1.82, 2.24) is 4.98 Å². The Morgan fingerprint density at radius 2 is 2.36 bits per heavy atom. The van der Waals surface area contributed by atoms with Gasteiger partial charge in [0.2, 0.25) is 5.88 Å². The van der Waals surface area contributed by atoms with Crippen LogP contribution in [0.25, 0.3) is 0 Å². The van der Waals surface area contributed by atoms with E-state index in [9.17, 15) is 4.39 Å². The van der Waals surface area contributed by atoms with Crippen LogP contribution < -0.4 is 10.5 Å². The Balaban J connectivity index is 3.21. The van der Waals surface area contributed by atoms with E-state index >= 15 is 0 Å². The maximum atomic E-state index is 12.7. The number of pyridine rings is 1. The predicted molar refractivity (Wildman–Crippen MR) is 40.2 cm³/mol. The first-order valence-corrected chi connectivity index (χ1v) is 3.18. The number of ether oxygens (including phenoxy) is 1. The average molecular weight is 177 g/mol. The zero-order valence-corrected chi connectivity index (χ0v) is 6.52. The number of hydrogen-bond donors (Lipinski definition) is 1. The number of nitrogens with zero attached hydrogens (tertiary/aromatic N) is 1. The molecular formula is C6H6ClFN2O. The molecule has 1 aromatic heterocycles. The standard InChI is InChI=1S/C6H6ClFN2O/c1-11-4-2-3(9)5(8)6(7)10-4/h2H,1H3,(H2,9,10). The topological polar surface area (TPSA) is 48.1 Å². The summed E-state index contributed by atoms with van der Waals surface area (Å²) in [7, 11) is 1.40. The summed E-state index contributed by atoms with van der Waals surface area (Å²) in [6.45, 7) is 0. The zero-order chi connectivity index (χ0) is 8.43. The molecule has 0 aromatic carbocycles. The molecule has 5 heteroatoms. The number of methoxy groups -OCH3 is 1. The van der Waals surface area contributed by atoms with E-state index in [1.807, 2.05) is 0 Å². The molecule has 0 amide bonds. The minimum absolute atomic E-state index is 0.0677. The molecule has 1 rings (SSSR count). The molecule has 3 nitrogen and oxygen atoms in total. The number of aromatic nitrogens is 1. The Morgan fingerprint density at radius 1 is 1.73 bits per heavy atom. The Kier molecular flexibility index (Phi) is 2.14. The summed E-state index contributed by atoms with van der Waals surface area (Å²) in [5, 5.41) is -0.276. The second kappa shape index (κ2) is 2.92. The van der Waals surface area contributed by atoms with E-state index in [4.69, 9.17) is 17.3 Å². The Hall–Kier alpha value is -1.03. The van der Waals surface area contributed by atoms with Crippen molar-refractivity contribution in [2.45, 2.75) is 0 Å². The number of hydrogen-bond acceptors (Lipinski definition) is 3. The summed E-state index contributed by atoms with van der Waals surface area (Å²) in [4.78, 5) is 3.54. The lowest BCUT2D eigenvalue weighted by Crippen LogP contribution is -1.96. The molecule has 2 N–H and O–H groups in total. The molecule has 0 unspecified atom stereocenters. The second-order valence-electron chi connectivity index (χ2n) is 1.86. The van der Waals surface area contributed by atoms with Crippen LogP contribution in [0, 0.1) is 5.82 Å². The van der Waals surface area contributed by atoms with Gasteiger partial charge in [-0.25, -0.2) is 4.39 Å². The van der Waals surface area contributed by atoms with E-state index in [1.165, 1.54) is 13.2 Å². The van der Waals surface area contributed by atoms with Gasteiger partial charge < -0.3 is 10.5 Å². The Labute approximate surface area is 67.9 Å². The molecule has 0 saturated heterocycles. The summed E-state index contributed by atoms with van der Waals surface area (Å²) >= 11 is 5.35. The molecule has 1 heterocycles. The molecule has 0 aliphatic carbocycles. The molecule has 60 valence electrons. The van der Waals surface area contributed by atoms with Gasteiger partial charge in [0, 0.05) is 6.07 Å². The van der Waals surface area contributed by atoms with Gasteiger partial charge in [0.25, 0.3) is 0 Å². The third-order valence-corrected chi connectivity index (χ3v) is 1.38. The van der Waals surface area contributed by atoms with Crippen molar-refractivity contribution in [3.05, 3.63) is 17.0 Å². The van der Waals surface area contributed by atoms with Gasteiger partial charge >= 0.3 is 0 Å². The Bertz CT molecular complexity index is 256. The van der Waals surface area contributed by atoms with Crippen molar-refractivity contribution in [3.63, 3.8) is 0 Å². The predicted octanol–water partition coefficient (Wildman–Crippen LogP) is 1.46. The van der Waals surface area contributed by atoms with Gasteiger partial charge in [0.05, 0.1) is 12.8 Å². The van der Waals surface area contributed by atoms with Crippen molar-refractivity contribution in [3.8, 4) is 5.88 Å². The largest absolute Gasteiger partial charge is 0.481 e. The van der Waals surface area contributed by atoms with Crippen molar-refractivity contribution in [1.29, 1.82) is 0 Å². The smallest absolute Gasteiger partial charge is 0.216 e. The highest BCUT2D eigenvalue weighted by Crippen LogP contribution is 2.22. The molecule has 0 spiro atoms. The lowest BCUT2D eigenvalue weighted by molar-refractivity contribution is 0.396. The highest BCUT2D eigenvalue weighted by molar-refractivity contribution is 6.29. The second-order valence-corrected chi connectivity index (χ2v) is 2.22. The number of anilines is 1. The van der Waals surface area contributed by atoms with Crippen LogP contribution >= 0.6 is 11.6 Å². The normalized spacial score (nSPS) is 9.73. The van der Waals surface area contributed by atoms with Gasteiger partial charge in [-0.15, -0.1) is 0 Å². The van der Waals surface area contributed by atoms with E-state index in [-0.39, 0.29) is 16.7 Å². The first-order chi connectivity index (χ1) is 5.15. The lowest BCUT2D eigenvalue weighted by Gasteiger charge is -2.01. The van der Waals surface area contributed by atoms with Gasteiger partial charge in [-0.2, -0.15) is 4.98 Å². The molecule has 0 aliphatic rings. The van der Waals surface area contributed by atoms with E-state index < -0.39 is 5.82 Å². The SMILES string of the molecule is COc1cc(N)c(F)c(Cl)n1. The maximum absolute atomic E-state index is 12.7. The minimum Gasteiger partial charge on any atom is -0.481 e. The zero-order valence-electron chi connectivity index (χ0n) is 5.77. The monoisotopic (exact) mass is 176 g/mol. The van der Waals surface area contributed by atoms with Crippen LogP contribution in [0.2, 0.25) is 5.15 Å². The summed E-state index contributed by atoms with van der Waals surface area (Å²) in [5.74, 6) is -0.513. The summed E-state index contributed by atoms with van der Waals surface area (Å²) < 4.78 is 17.4. The summed E-state index contributed by atoms with van der Waals surface area (Å²) in [6, 6.07) is 1.27. The molecule has 0 radical (unpaired) electrons. The highest BCUT2D eigenvalue weighted by Gasteiger charge is 2.07. The molecule has 11 heavy (non-hydrogen) atoms. The molecule has 1 aromatic rings. The van der Waals surface area contributed by atoms with Crippen LogP contribution in [0.5, 0.6) is 5.88 Å². The van der Waals surface area contributed by atoms with Gasteiger partial charge in [0.1, 0.15) is 0 Å². The lowest BCUT2D eigenvalue weighted by atomic mass is 10.4. The van der Waals surface area contributed by atoms with Crippen LogP contribution in [0.15, 0.2) is 6.07 Å². The molecule has 0 saturated carbocycles. The Morgan fingerprint density at radius 3 is 2.82 bits per heavy atom. The highest BCUT2D eigenvalue weighted by atomic mass is 35.5. The first kappa shape index (κ1) is 8.07. The third kappa shape index (κ3) is 1.51. The minimum atomic E-state index is -0.715. The van der Waals surface area contributed by atoms with Crippen LogP contribution in [0.3, 0.4) is 0 Å². The van der Waals surface area contributed by atoms with Crippen LogP contribution in [0.1, 0.15) is 0 Å². The number of nitrogen functional groups attached to an aromatic ring is 1. The van der Waals surface area contributed by atoms with E-state index in [2.05, 4.69) is 9.72 Å². The van der Waals surface area contributed by atoms with E-state index in [1.54, 1.807) is 0 Å².